The van der Waals surface area contributed by atoms with Crippen molar-refractivity contribution in [1.82, 2.24) is 0 Å². The molecule has 0 spiro atoms. The van der Waals surface area contributed by atoms with Crippen molar-refractivity contribution in [3.63, 3.8) is 0 Å². The number of hydrogen-bond donors (Lipinski definition) is 0. The predicted molar refractivity (Wildman–Crippen MR) is 134 cm³/mol. The molecule has 0 amide bonds. The maximum absolute atomic E-state index is 12.4. The van der Waals surface area contributed by atoms with Gasteiger partial charge in [-0.15, -0.1) is 0 Å². The normalized spacial score (nSPS) is 10.9. The molecule has 0 aromatic heterocycles. The maximum atomic E-state index is 12.4. The Labute approximate surface area is 201 Å². The standard InChI is InChI=1S/C28H34O6/c1-3-5-7-13-19-31-27(29)33-25-21-15-9-11-17-23(21)26(24-18-12-10-16-22(24)25)34-28(30)32-20-14-8-6-4-2/h9-12,15-18H,3-8,13-14,19-20H2,1-2H3. The maximum Gasteiger partial charge on any atom is 0.513 e. The molecule has 34 heavy (non-hydrogen) atoms. The fourth-order valence-corrected chi connectivity index (χ4v) is 3.86. The van der Waals surface area contributed by atoms with Crippen LogP contribution < -0.4 is 9.47 Å². The molecule has 3 rings (SSSR count). The van der Waals surface area contributed by atoms with E-state index in [1.165, 1.54) is 0 Å². The first-order valence-electron chi connectivity index (χ1n) is 12.3. The first-order valence-corrected chi connectivity index (χ1v) is 12.3. The summed E-state index contributed by atoms with van der Waals surface area (Å²) in [4.78, 5) is 24.9. The van der Waals surface area contributed by atoms with Crippen LogP contribution in [0, 0.1) is 0 Å². The van der Waals surface area contributed by atoms with Crippen LogP contribution in [0.15, 0.2) is 48.5 Å². The van der Waals surface area contributed by atoms with Gasteiger partial charge < -0.3 is 18.9 Å². The summed E-state index contributed by atoms with van der Waals surface area (Å²) in [5.74, 6) is 0.759. The molecule has 3 aromatic rings. The smallest absolute Gasteiger partial charge is 0.434 e. The third-order valence-corrected chi connectivity index (χ3v) is 5.64. The Morgan fingerprint density at radius 3 is 1.24 bits per heavy atom. The van der Waals surface area contributed by atoms with E-state index >= 15 is 0 Å². The average molecular weight is 467 g/mol. The lowest BCUT2D eigenvalue weighted by Gasteiger charge is -2.16. The van der Waals surface area contributed by atoms with Crippen molar-refractivity contribution in [2.45, 2.75) is 65.2 Å². The molecule has 0 N–H and O–H groups in total. The molecular weight excluding hydrogens is 432 g/mol. The Bertz CT molecular complexity index is 948. The van der Waals surface area contributed by atoms with E-state index in [4.69, 9.17) is 18.9 Å². The Balaban J connectivity index is 1.83. The molecule has 0 bridgehead atoms. The molecule has 0 aliphatic rings. The monoisotopic (exact) mass is 466 g/mol. The summed E-state index contributed by atoms with van der Waals surface area (Å²) >= 11 is 0. The van der Waals surface area contributed by atoms with Crippen molar-refractivity contribution in [2.24, 2.45) is 0 Å². The number of ether oxygens (including phenoxy) is 4. The Kier molecular flexibility index (Phi) is 10.0. The fraction of sp³-hybridized carbons (Fsp3) is 0.429. The molecule has 0 saturated heterocycles. The minimum absolute atomic E-state index is 0.319. The van der Waals surface area contributed by atoms with Crippen LogP contribution in [0.4, 0.5) is 9.59 Å². The molecule has 0 saturated carbocycles. The van der Waals surface area contributed by atoms with Gasteiger partial charge in [0.1, 0.15) is 11.5 Å². The second-order valence-corrected chi connectivity index (χ2v) is 8.27. The number of rotatable bonds is 12. The zero-order valence-corrected chi connectivity index (χ0v) is 20.1. The highest BCUT2D eigenvalue weighted by Crippen LogP contribution is 2.42. The zero-order valence-electron chi connectivity index (χ0n) is 20.1. The molecule has 0 aliphatic heterocycles. The highest BCUT2D eigenvalue weighted by Gasteiger charge is 2.20. The fourth-order valence-electron chi connectivity index (χ4n) is 3.86. The van der Waals surface area contributed by atoms with E-state index in [0.29, 0.717) is 46.3 Å². The summed E-state index contributed by atoms with van der Waals surface area (Å²) in [6.07, 6.45) is 6.58. The van der Waals surface area contributed by atoms with Crippen LogP contribution in [0.2, 0.25) is 0 Å². The van der Waals surface area contributed by atoms with Gasteiger partial charge in [-0.05, 0) is 12.8 Å². The molecule has 0 fully saturated rings. The van der Waals surface area contributed by atoms with Gasteiger partial charge >= 0.3 is 12.3 Å². The topological polar surface area (TPSA) is 71.1 Å². The molecular formula is C28H34O6. The zero-order chi connectivity index (χ0) is 24.2. The Morgan fingerprint density at radius 1 is 0.559 bits per heavy atom. The van der Waals surface area contributed by atoms with Crippen molar-refractivity contribution in [1.29, 1.82) is 0 Å². The van der Waals surface area contributed by atoms with Gasteiger partial charge in [-0.1, -0.05) is 101 Å². The number of fused-ring (bicyclic) bond motifs is 2. The lowest BCUT2D eigenvalue weighted by atomic mass is 10.0. The minimum atomic E-state index is -0.744. The van der Waals surface area contributed by atoms with E-state index < -0.39 is 12.3 Å². The number of carbonyl (C=O) groups is 2. The summed E-state index contributed by atoms with van der Waals surface area (Å²) in [6, 6.07) is 14.7. The van der Waals surface area contributed by atoms with Crippen molar-refractivity contribution >= 4 is 33.9 Å². The summed E-state index contributed by atoms with van der Waals surface area (Å²) in [6.45, 7) is 4.90. The summed E-state index contributed by atoms with van der Waals surface area (Å²) < 4.78 is 21.9. The average Bonchev–Trinajstić information content (AvgIpc) is 2.85. The molecule has 0 atom stereocenters. The van der Waals surface area contributed by atoms with E-state index in [0.717, 1.165) is 51.4 Å². The first kappa shape index (κ1) is 25.3. The van der Waals surface area contributed by atoms with E-state index in [9.17, 15) is 9.59 Å². The van der Waals surface area contributed by atoms with E-state index in [1.807, 2.05) is 48.5 Å². The molecule has 0 heterocycles. The molecule has 0 unspecified atom stereocenters. The van der Waals surface area contributed by atoms with Gasteiger partial charge in [0.25, 0.3) is 0 Å². The number of unbranched alkanes of at least 4 members (excludes halogenated alkanes) is 6. The Morgan fingerprint density at radius 2 is 0.912 bits per heavy atom. The molecule has 3 aromatic carbocycles. The van der Waals surface area contributed by atoms with Gasteiger partial charge in [0.15, 0.2) is 0 Å². The second kappa shape index (κ2) is 13.4. The van der Waals surface area contributed by atoms with Crippen molar-refractivity contribution in [3.8, 4) is 11.5 Å². The molecule has 0 radical (unpaired) electrons. The van der Waals surface area contributed by atoms with Gasteiger partial charge in [0, 0.05) is 21.5 Å². The molecule has 0 aliphatic carbocycles. The van der Waals surface area contributed by atoms with Gasteiger partial charge in [-0.3, -0.25) is 0 Å². The third-order valence-electron chi connectivity index (χ3n) is 5.64. The summed E-state index contributed by atoms with van der Waals surface area (Å²) in [7, 11) is 0. The lowest BCUT2D eigenvalue weighted by molar-refractivity contribution is 0.0965. The van der Waals surface area contributed by atoms with Gasteiger partial charge in [-0.2, -0.15) is 0 Å². The van der Waals surface area contributed by atoms with E-state index in [2.05, 4.69) is 13.8 Å². The van der Waals surface area contributed by atoms with Crippen LogP contribution >= 0.6 is 0 Å². The number of carbonyl (C=O) groups excluding carboxylic acids is 2. The van der Waals surface area contributed by atoms with Crippen LogP contribution in [0.25, 0.3) is 21.5 Å². The molecule has 6 nitrogen and oxygen atoms in total. The minimum Gasteiger partial charge on any atom is -0.434 e. The number of hydrogen-bond acceptors (Lipinski definition) is 6. The van der Waals surface area contributed by atoms with E-state index in [-0.39, 0.29) is 0 Å². The molecule has 182 valence electrons. The van der Waals surface area contributed by atoms with Crippen LogP contribution in [-0.2, 0) is 9.47 Å². The van der Waals surface area contributed by atoms with Gasteiger partial charge in [0.05, 0.1) is 13.2 Å². The highest BCUT2D eigenvalue weighted by atomic mass is 16.7. The van der Waals surface area contributed by atoms with Gasteiger partial charge in [-0.25, -0.2) is 9.59 Å². The van der Waals surface area contributed by atoms with Crippen LogP contribution in [0.1, 0.15) is 65.2 Å². The largest absolute Gasteiger partial charge is 0.513 e. The van der Waals surface area contributed by atoms with Crippen LogP contribution in [0.3, 0.4) is 0 Å². The summed E-state index contributed by atoms with van der Waals surface area (Å²) in [5.41, 5.74) is 0. The van der Waals surface area contributed by atoms with Gasteiger partial charge in [0.2, 0.25) is 0 Å². The number of benzene rings is 3. The quantitative estimate of drug-likeness (QED) is 0.116. The SMILES string of the molecule is CCCCCCOC(=O)Oc1c2ccccc2c(OC(=O)OCCCCCC)c2ccccc12. The van der Waals surface area contributed by atoms with Crippen LogP contribution in [0.5, 0.6) is 11.5 Å². The lowest BCUT2D eigenvalue weighted by Crippen LogP contribution is -2.13. The molecule has 6 heteroatoms. The predicted octanol–water partition coefficient (Wildman–Crippen LogP) is 8.18. The second-order valence-electron chi connectivity index (χ2n) is 8.27. The van der Waals surface area contributed by atoms with Crippen molar-refractivity contribution in [3.05, 3.63) is 48.5 Å². The van der Waals surface area contributed by atoms with Crippen molar-refractivity contribution in [2.75, 3.05) is 13.2 Å². The highest BCUT2D eigenvalue weighted by molar-refractivity contribution is 6.12. The Hall–Kier alpha value is -3.28. The summed E-state index contributed by atoms with van der Waals surface area (Å²) in [5, 5.41) is 2.59. The first-order chi connectivity index (χ1) is 16.7. The van der Waals surface area contributed by atoms with Crippen molar-refractivity contribution < 1.29 is 28.5 Å². The van der Waals surface area contributed by atoms with E-state index in [1.54, 1.807) is 0 Å². The third kappa shape index (κ3) is 6.86. The van der Waals surface area contributed by atoms with Crippen LogP contribution in [-0.4, -0.2) is 25.5 Å².